The molecule has 2 aromatic rings. The van der Waals surface area contributed by atoms with Crippen molar-refractivity contribution in [3.8, 4) is 0 Å². The third-order valence-corrected chi connectivity index (χ3v) is 5.83. The molecule has 0 spiro atoms. The van der Waals surface area contributed by atoms with E-state index in [0.29, 0.717) is 22.7 Å². The number of hydrogen-bond donors (Lipinski definition) is 1. The first kappa shape index (κ1) is 21.1. The fraction of sp³-hybridized carbons (Fsp3) is 0.238. The van der Waals surface area contributed by atoms with Crippen molar-refractivity contribution in [3.63, 3.8) is 0 Å². The van der Waals surface area contributed by atoms with Gasteiger partial charge >= 0.3 is 0 Å². The number of para-hydroxylation sites is 1. The summed E-state index contributed by atoms with van der Waals surface area (Å²) in [5, 5.41) is 4.49. The molecule has 0 saturated carbocycles. The van der Waals surface area contributed by atoms with Gasteiger partial charge in [0.1, 0.15) is 6.54 Å². The Morgan fingerprint density at radius 2 is 1.66 bits per heavy atom. The van der Waals surface area contributed by atoms with Crippen LogP contribution in [0.3, 0.4) is 0 Å². The standard InChI is InChI=1S/C11H11ClN2OS.C10H9NO2/c1-7-10(15)6-13-11(16-7)14-9-5-3-2-4-8(9)12;1-2-11-9(12)7-5-3-4-6-8(7)10(11)13/h2-5,7H,6H2,1H3,(H,13,14);3-6H,2H2,1H3. The van der Waals surface area contributed by atoms with Gasteiger partial charge in [0.15, 0.2) is 11.0 Å². The minimum absolute atomic E-state index is 0.0394. The molecule has 2 heterocycles. The molecule has 150 valence electrons. The fourth-order valence-electron chi connectivity index (χ4n) is 2.82. The normalized spacial score (nSPS) is 18.0. The number of carbonyl (C=O) groups excluding carboxylic acids is 3. The number of benzene rings is 2. The van der Waals surface area contributed by atoms with E-state index in [9.17, 15) is 14.4 Å². The second-order valence-electron chi connectivity index (χ2n) is 6.35. The number of ketones is 1. The second kappa shape index (κ2) is 9.24. The number of hydrogen-bond acceptors (Lipinski definition) is 6. The van der Waals surface area contributed by atoms with Crippen LogP contribution in [0.2, 0.25) is 5.02 Å². The Morgan fingerprint density at radius 1 is 1.07 bits per heavy atom. The van der Waals surface area contributed by atoms with E-state index < -0.39 is 0 Å². The van der Waals surface area contributed by atoms with Gasteiger partial charge in [-0.3, -0.25) is 24.3 Å². The maximum absolute atomic E-state index is 11.5. The summed E-state index contributed by atoms with van der Waals surface area (Å²) in [6.45, 7) is 4.37. The van der Waals surface area contributed by atoms with Gasteiger partial charge in [-0.1, -0.05) is 47.6 Å². The van der Waals surface area contributed by atoms with Gasteiger partial charge in [0.25, 0.3) is 11.8 Å². The van der Waals surface area contributed by atoms with Crippen molar-refractivity contribution < 1.29 is 14.4 Å². The highest BCUT2D eigenvalue weighted by atomic mass is 35.5. The maximum atomic E-state index is 11.5. The van der Waals surface area contributed by atoms with Crippen molar-refractivity contribution >= 4 is 51.8 Å². The third kappa shape index (κ3) is 4.68. The number of anilines is 1. The molecule has 4 rings (SSSR count). The summed E-state index contributed by atoms with van der Waals surface area (Å²) in [4.78, 5) is 39.8. The SMILES string of the molecule is CC1SC(Nc2ccccc2Cl)=NCC1=O.CCN1C(=O)c2ccccc2C1=O. The first-order valence-corrected chi connectivity index (χ1v) is 10.4. The number of nitrogens with one attached hydrogen (secondary N) is 1. The molecule has 0 saturated heterocycles. The van der Waals surface area contributed by atoms with Crippen LogP contribution in [0.1, 0.15) is 34.6 Å². The van der Waals surface area contributed by atoms with Crippen LogP contribution in [0.4, 0.5) is 5.69 Å². The predicted molar refractivity (Wildman–Crippen MR) is 117 cm³/mol. The minimum atomic E-state index is -0.178. The Balaban J connectivity index is 0.000000169. The topological polar surface area (TPSA) is 78.8 Å². The van der Waals surface area contributed by atoms with Crippen molar-refractivity contribution in [1.82, 2.24) is 4.90 Å². The predicted octanol–water partition coefficient (Wildman–Crippen LogP) is 4.11. The van der Waals surface area contributed by atoms with Gasteiger partial charge in [-0.25, -0.2) is 0 Å². The molecule has 0 aromatic heterocycles. The molecule has 29 heavy (non-hydrogen) atoms. The number of amidine groups is 1. The van der Waals surface area contributed by atoms with E-state index in [1.54, 1.807) is 31.2 Å². The number of fused-ring (bicyclic) bond motifs is 1. The second-order valence-corrected chi connectivity index (χ2v) is 8.09. The van der Waals surface area contributed by atoms with E-state index >= 15 is 0 Å². The van der Waals surface area contributed by atoms with E-state index in [4.69, 9.17) is 11.6 Å². The molecule has 1 atom stereocenters. The Hall–Kier alpha value is -2.64. The maximum Gasteiger partial charge on any atom is 0.261 e. The Morgan fingerprint density at radius 3 is 2.21 bits per heavy atom. The highest BCUT2D eigenvalue weighted by molar-refractivity contribution is 8.15. The lowest BCUT2D eigenvalue weighted by molar-refractivity contribution is -0.117. The zero-order valence-corrected chi connectivity index (χ0v) is 17.6. The fourth-order valence-corrected chi connectivity index (χ4v) is 3.85. The van der Waals surface area contributed by atoms with Crippen molar-refractivity contribution in [2.45, 2.75) is 19.1 Å². The largest absolute Gasteiger partial charge is 0.334 e. The van der Waals surface area contributed by atoms with Gasteiger partial charge in [-0.15, -0.1) is 0 Å². The molecule has 2 aromatic carbocycles. The van der Waals surface area contributed by atoms with Gasteiger partial charge in [0.05, 0.1) is 27.1 Å². The highest BCUT2D eigenvalue weighted by Crippen LogP contribution is 2.25. The molecule has 2 amide bonds. The lowest BCUT2D eigenvalue weighted by Crippen LogP contribution is -2.29. The van der Waals surface area contributed by atoms with Crippen molar-refractivity contribution in [3.05, 3.63) is 64.7 Å². The van der Waals surface area contributed by atoms with E-state index in [1.807, 2.05) is 31.2 Å². The van der Waals surface area contributed by atoms with Gasteiger partial charge in [0, 0.05) is 6.54 Å². The molecule has 6 nitrogen and oxygen atoms in total. The molecule has 1 N–H and O–H groups in total. The molecule has 0 fully saturated rings. The van der Waals surface area contributed by atoms with Crippen molar-refractivity contribution in [2.24, 2.45) is 4.99 Å². The summed E-state index contributed by atoms with van der Waals surface area (Å²) in [6, 6.07) is 14.4. The number of aliphatic imine (C=N–C) groups is 1. The number of amides is 2. The first-order valence-electron chi connectivity index (χ1n) is 9.13. The van der Waals surface area contributed by atoms with Gasteiger partial charge in [0.2, 0.25) is 0 Å². The zero-order valence-electron chi connectivity index (χ0n) is 16.0. The summed E-state index contributed by atoms with van der Waals surface area (Å²) in [6.07, 6.45) is 0. The number of nitrogens with zero attached hydrogens (tertiary/aromatic N) is 2. The molecule has 0 bridgehead atoms. The number of halogens is 1. The molecule has 0 radical (unpaired) electrons. The number of rotatable bonds is 2. The van der Waals surface area contributed by atoms with E-state index in [-0.39, 0.29) is 29.4 Å². The van der Waals surface area contributed by atoms with Crippen molar-refractivity contribution in [2.75, 3.05) is 18.4 Å². The molecule has 1 unspecified atom stereocenters. The highest BCUT2D eigenvalue weighted by Gasteiger charge is 2.33. The van der Waals surface area contributed by atoms with Gasteiger partial charge in [-0.2, -0.15) is 0 Å². The van der Waals surface area contributed by atoms with Crippen LogP contribution < -0.4 is 5.32 Å². The van der Waals surface area contributed by atoms with Crippen LogP contribution in [-0.4, -0.2) is 46.0 Å². The lowest BCUT2D eigenvalue weighted by Gasteiger charge is -2.18. The van der Waals surface area contributed by atoms with Crippen LogP contribution in [0, 0.1) is 0 Å². The molecule has 2 aliphatic heterocycles. The zero-order chi connectivity index (χ0) is 21.0. The first-order chi connectivity index (χ1) is 13.9. The Labute approximate surface area is 178 Å². The Bertz CT molecular complexity index is 958. The quantitative estimate of drug-likeness (QED) is 0.726. The summed E-state index contributed by atoms with van der Waals surface area (Å²) < 4.78 is 0. The summed E-state index contributed by atoms with van der Waals surface area (Å²) in [5.41, 5.74) is 1.86. The molecule has 0 aliphatic carbocycles. The average Bonchev–Trinajstić information content (AvgIpc) is 2.97. The van der Waals surface area contributed by atoms with Crippen LogP contribution in [0.5, 0.6) is 0 Å². The van der Waals surface area contributed by atoms with E-state index in [1.165, 1.54) is 16.7 Å². The molecular formula is C21H20ClN3O3S. The summed E-state index contributed by atoms with van der Waals surface area (Å²) >= 11 is 7.44. The smallest absolute Gasteiger partial charge is 0.261 e. The van der Waals surface area contributed by atoms with Gasteiger partial charge < -0.3 is 5.32 Å². The molecule has 2 aliphatic rings. The van der Waals surface area contributed by atoms with Crippen LogP contribution >= 0.6 is 23.4 Å². The van der Waals surface area contributed by atoms with Crippen LogP contribution in [0.25, 0.3) is 0 Å². The molecular weight excluding hydrogens is 410 g/mol. The Kier molecular flexibility index (Phi) is 6.71. The molecule has 8 heteroatoms. The van der Waals surface area contributed by atoms with Crippen LogP contribution in [0.15, 0.2) is 53.5 Å². The summed E-state index contributed by atoms with van der Waals surface area (Å²) in [7, 11) is 0. The average molecular weight is 430 g/mol. The lowest BCUT2D eigenvalue weighted by atomic mass is 10.1. The van der Waals surface area contributed by atoms with Gasteiger partial charge in [-0.05, 0) is 38.1 Å². The van der Waals surface area contributed by atoms with E-state index in [0.717, 1.165) is 10.9 Å². The number of imide groups is 1. The van der Waals surface area contributed by atoms with Crippen LogP contribution in [-0.2, 0) is 4.79 Å². The third-order valence-electron chi connectivity index (χ3n) is 4.43. The number of Topliss-reactive ketones (excluding diaryl/α,β-unsaturated/α-hetero) is 1. The monoisotopic (exact) mass is 429 g/mol. The summed E-state index contributed by atoms with van der Waals surface area (Å²) in [5.74, 6) is -0.194. The van der Waals surface area contributed by atoms with E-state index in [2.05, 4.69) is 10.3 Å². The number of carbonyl (C=O) groups is 3. The number of thioether (sulfide) groups is 1. The van der Waals surface area contributed by atoms with Crippen molar-refractivity contribution in [1.29, 1.82) is 0 Å². The minimum Gasteiger partial charge on any atom is -0.334 e.